The van der Waals surface area contributed by atoms with Crippen molar-refractivity contribution in [1.29, 1.82) is 0 Å². The highest BCUT2D eigenvalue weighted by atomic mass is 35.5. The van der Waals surface area contributed by atoms with Crippen molar-refractivity contribution in [3.63, 3.8) is 0 Å². The minimum Gasteiger partial charge on any atom is -0.322 e. The topological polar surface area (TPSA) is 66.5 Å². The highest BCUT2D eigenvalue weighted by Crippen LogP contribution is 2.34. The normalized spacial score (nSPS) is 12.9. The predicted molar refractivity (Wildman–Crippen MR) is 118 cm³/mol. The van der Waals surface area contributed by atoms with Crippen molar-refractivity contribution in [1.82, 2.24) is 0 Å². The third-order valence-corrected chi connectivity index (χ3v) is 5.96. The van der Waals surface area contributed by atoms with Crippen LogP contribution in [0.4, 0.5) is 11.4 Å². The second-order valence-corrected chi connectivity index (χ2v) is 7.89. The van der Waals surface area contributed by atoms with Gasteiger partial charge in [-0.2, -0.15) is 0 Å². The van der Waals surface area contributed by atoms with Crippen LogP contribution >= 0.6 is 34.8 Å². The molecule has 4 rings (SSSR count). The predicted octanol–water partition coefficient (Wildman–Crippen LogP) is 6.01. The SMILES string of the molecule is Cc1c(Cl)cccc1NC(=O)c1ccc(N2C(=O)c3cc(Cl)c(Cl)cc3C2=O)cc1. The van der Waals surface area contributed by atoms with Gasteiger partial charge >= 0.3 is 0 Å². The summed E-state index contributed by atoms with van der Waals surface area (Å²) in [5.41, 5.74) is 2.43. The van der Waals surface area contributed by atoms with E-state index >= 15 is 0 Å². The molecule has 0 bridgehead atoms. The quantitative estimate of drug-likeness (QED) is 0.488. The molecule has 8 heteroatoms. The van der Waals surface area contributed by atoms with Crippen LogP contribution in [0.1, 0.15) is 36.6 Å². The van der Waals surface area contributed by atoms with Gasteiger partial charge in [-0.15, -0.1) is 0 Å². The van der Waals surface area contributed by atoms with Gasteiger partial charge in [0.25, 0.3) is 17.7 Å². The second-order valence-electron chi connectivity index (χ2n) is 6.67. The number of carbonyl (C=O) groups excluding carboxylic acids is 3. The van der Waals surface area contributed by atoms with Crippen LogP contribution in [-0.2, 0) is 0 Å². The number of fused-ring (bicyclic) bond motifs is 1. The maximum atomic E-state index is 12.7. The van der Waals surface area contributed by atoms with Crippen LogP contribution in [0.2, 0.25) is 15.1 Å². The molecule has 1 aliphatic rings. The van der Waals surface area contributed by atoms with E-state index in [4.69, 9.17) is 34.8 Å². The molecule has 0 saturated carbocycles. The van der Waals surface area contributed by atoms with Crippen LogP contribution < -0.4 is 10.2 Å². The Labute approximate surface area is 187 Å². The Hall–Kier alpha value is -2.86. The monoisotopic (exact) mass is 458 g/mol. The third kappa shape index (κ3) is 3.45. The lowest BCUT2D eigenvalue weighted by Gasteiger charge is -2.14. The summed E-state index contributed by atoms with van der Waals surface area (Å²) in [7, 11) is 0. The van der Waals surface area contributed by atoms with E-state index in [2.05, 4.69) is 5.32 Å². The Morgan fingerprint density at radius 3 is 1.97 bits per heavy atom. The fourth-order valence-corrected chi connectivity index (χ4v) is 3.67. The Balaban J connectivity index is 1.58. The Morgan fingerprint density at radius 1 is 0.833 bits per heavy atom. The van der Waals surface area contributed by atoms with E-state index < -0.39 is 11.8 Å². The van der Waals surface area contributed by atoms with Gasteiger partial charge in [0.2, 0.25) is 0 Å². The molecule has 150 valence electrons. The molecule has 1 aliphatic heterocycles. The molecule has 3 aromatic carbocycles. The van der Waals surface area contributed by atoms with Crippen LogP contribution in [-0.4, -0.2) is 17.7 Å². The third-order valence-electron chi connectivity index (χ3n) is 4.83. The number of halogens is 3. The van der Waals surface area contributed by atoms with Gasteiger partial charge in [-0.3, -0.25) is 14.4 Å². The number of amides is 3. The average molecular weight is 460 g/mol. The fraction of sp³-hybridized carbons (Fsp3) is 0.0455. The van der Waals surface area contributed by atoms with Crippen molar-refractivity contribution in [2.75, 3.05) is 10.2 Å². The Bertz CT molecular complexity index is 1180. The molecular formula is C22H13Cl3N2O3. The largest absolute Gasteiger partial charge is 0.322 e. The summed E-state index contributed by atoms with van der Waals surface area (Å²) in [6.45, 7) is 1.81. The zero-order valence-electron chi connectivity index (χ0n) is 15.5. The van der Waals surface area contributed by atoms with E-state index in [-0.39, 0.29) is 27.1 Å². The Kier molecular flexibility index (Phi) is 5.28. The van der Waals surface area contributed by atoms with Gasteiger partial charge in [0.05, 0.1) is 26.9 Å². The van der Waals surface area contributed by atoms with Crippen molar-refractivity contribution in [2.45, 2.75) is 6.92 Å². The van der Waals surface area contributed by atoms with E-state index in [0.29, 0.717) is 22.0 Å². The standard InChI is InChI=1S/C22H13Cl3N2O3/c1-11-16(23)3-2-4-19(11)26-20(28)12-5-7-13(8-6-12)27-21(29)14-9-17(24)18(25)10-15(14)22(27)30/h2-10H,1H3,(H,26,28). The molecule has 0 unspecified atom stereocenters. The van der Waals surface area contributed by atoms with Crippen molar-refractivity contribution in [3.05, 3.63) is 91.9 Å². The molecule has 0 radical (unpaired) electrons. The lowest BCUT2D eigenvalue weighted by atomic mass is 10.1. The molecule has 1 heterocycles. The average Bonchev–Trinajstić information content (AvgIpc) is 2.96. The number of nitrogens with zero attached hydrogens (tertiary/aromatic N) is 1. The Morgan fingerprint density at radius 2 is 1.40 bits per heavy atom. The van der Waals surface area contributed by atoms with Gasteiger partial charge < -0.3 is 5.32 Å². The van der Waals surface area contributed by atoms with E-state index in [1.54, 1.807) is 18.2 Å². The summed E-state index contributed by atoms with van der Waals surface area (Å²) in [5, 5.41) is 3.74. The summed E-state index contributed by atoms with van der Waals surface area (Å²) < 4.78 is 0. The summed E-state index contributed by atoms with van der Waals surface area (Å²) >= 11 is 18.0. The number of hydrogen-bond acceptors (Lipinski definition) is 3. The molecule has 0 atom stereocenters. The highest BCUT2D eigenvalue weighted by molar-refractivity contribution is 6.44. The van der Waals surface area contributed by atoms with Gasteiger partial charge in [0, 0.05) is 16.3 Å². The number of nitrogens with one attached hydrogen (secondary N) is 1. The highest BCUT2D eigenvalue weighted by Gasteiger charge is 2.37. The molecule has 0 fully saturated rings. The maximum absolute atomic E-state index is 12.7. The molecule has 30 heavy (non-hydrogen) atoms. The van der Waals surface area contributed by atoms with Gasteiger partial charge in [-0.25, -0.2) is 4.90 Å². The van der Waals surface area contributed by atoms with Gasteiger partial charge in [0.15, 0.2) is 0 Å². The second kappa shape index (κ2) is 7.76. The van der Waals surface area contributed by atoms with Gasteiger partial charge in [0.1, 0.15) is 0 Å². The van der Waals surface area contributed by atoms with Crippen molar-refractivity contribution in [2.24, 2.45) is 0 Å². The number of hydrogen-bond donors (Lipinski definition) is 1. The molecule has 1 N–H and O–H groups in total. The van der Waals surface area contributed by atoms with Crippen LogP contribution in [0, 0.1) is 6.92 Å². The summed E-state index contributed by atoms with van der Waals surface area (Å²) in [6.07, 6.45) is 0. The number of anilines is 2. The first kappa shape index (κ1) is 20.4. The zero-order valence-corrected chi connectivity index (χ0v) is 17.8. The lowest BCUT2D eigenvalue weighted by molar-refractivity contribution is 0.0925. The zero-order chi connectivity index (χ0) is 21.6. The van der Waals surface area contributed by atoms with Gasteiger partial charge in [-0.05, 0) is 61.0 Å². The minimum atomic E-state index is -0.500. The summed E-state index contributed by atoms with van der Waals surface area (Å²) in [4.78, 5) is 39.0. The minimum absolute atomic E-state index is 0.188. The molecule has 0 saturated heterocycles. The summed E-state index contributed by atoms with van der Waals surface area (Å²) in [5.74, 6) is -1.34. The van der Waals surface area contributed by atoms with E-state index in [1.165, 1.54) is 36.4 Å². The molecule has 0 aromatic heterocycles. The van der Waals surface area contributed by atoms with E-state index in [0.717, 1.165) is 10.5 Å². The van der Waals surface area contributed by atoms with Crippen LogP contribution in [0.25, 0.3) is 0 Å². The first-order chi connectivity index (χ1) is 14.3. The first-order valence-corrected chi connectivity index (χ1v) is 9.95. The lowest BCUT2D eigenvalue weighted by Crippen LogP contribution is -2.29. The smallest absolute Gasteiger partial charge is 0.266 e. The molecule has 0 spiro atoms. The molecule has 5 nitrogen and oxygen atoms in total. The number of imide groups is 1. The van der Waals surface area contributed by atoms with E-state index in [9.17, 15) is 14.4 Å². The van der Waals surface area contributed by atoms with E-state index in [1.807, 2.05) is 6.92 Å². The van der Waals surface area contributed by atoms with Crippen LogP contribution in [0.15, 0.2) is 54.6 Å². The number of rotatable bonds is 3. The molecule has 3 aromatic rings. The molecular weight excluding hydrogens is 447 g/mol. The fourth-order valence-electron chi connectivity index (χ4n) is 3.17. The molecule has 0 aliphatic carbocycles. The first-order valence-electron chi connectivity index (χ1n) is 8.82. The molecule has 3 amide bonds. The van der Waals surface area contributed by atoms with Crippen LogP contribution in [0.5, 0.6) is 0 Å². The van der Waals surface area contributed by atoms with Crippen molar-refractivity contribution >= 4 is 63.9 Å². The van der Waals surface area contributed by atoms with Gasteiger partial charge in [-0.1, -0.05) is 40.9 Å². The maximum Gasteiger partial charge on any atom is 0.266 e. The van der Waals surface area contributed by atoms with Crippen LogP contribution in [0.3, 0.4) is 0 Å². The van der Waals surface area contributed by atoms with Crippen molar-refractivity contribution in [3.8, 4) is 0 Å². The summed E-state index contributed by atoms with van der Waals surface area (Å²) in [6, 6.07) is 14.1. The number of benzene rings is 3. The number of carbonyl (C=O) groups is 3. The van der Waals surface area contributed by atoms with Crippen molar-refractivity contribution < 1.29 is 14.4 Å².